The van der Waals surface area contributed by atoms with E-state index in [4.69, 9.17) is 20.9 Å². The first-order chi connectivity index (χ1) is 16.4. The van der Waals surface area contributed by atoms with Gasteiger partial charge in [-0.2, -0.15) is 0 Å². The number of thioether (sulfide) groups is 1. The van der Waals surface area contributed by atoms with E-state index in [1.165, 1.54) is 11.8 Å². The first-order valence-corrected chi connectivity index (χ1v) is 12.1. The van der Waals surface area contributed by atoms with Crippen LogP contribution in [0.15, 0.2) is 57.4 Å². The molecule has 0 aliphatic carbocycles. The van der Waals surface area contributed by atoms with E-state index < -0.39 is 5.91 Å². The van der Waals surface area contributed by atoms with Gasteiger partial charge < -0.3 is 14.6 Å². The van der Waals surface area contributed by atoms with Crippen molar-refractivity contribution in [3.63, 3.8) is 0 Å². The van der Waals surface area contributed by atoms with Crippen LogP contribution in [0.4, 0.5) is 10.8 Å². The molecule has 2 amide bonds. The maximum atomic E-state index is 12.9. The molecule has 0 unspecified atom stereocenters. The number of aromatic nitrogens is 3. The Bertz CT molecular complexity index is 1320. The average Bonchev–Trinajstić information content (AvgIpc) is 3.44. The number of carbonyl (C=O) groups excluding carboxylic acids is 2. The van der Waals surface area contributed by atoms with Crippen LogP contribution in [0.3, 0.4) is 0 Å². The second-order valence-electron chi connectivity index (χ2n) is 6.83. The van der Waals surface area contributed by atoms with Crippen molar-refractivity contribution < 1.29 is 18.8 Å². The Balaban J connectivity index is 1.37. The fourth-order valence-electron chi connectivity index (χ4n) is 2.95. The molecule has 0 radical (unpaired) electrons. The number of nitrogens with zero attached hydrogens (tertiary/aromatic N) is 3. The van der Waals surface area contributed by atoms with E-state index in [9.17, 15) is 9.59 Å². The number of aryl methyl sites for hydroxylation is 1. The number of ether oxygens (including phenoxy) is 1. The predicted octanol–water partition coefficient (Wildman–Crippen LogP) is 5.15. The highest BCUT2D eigenvalue weighted by atomic mass is 35.5. The molecule has 2 aromatic heterocycles. The minimum Gasteiger partial charge on any atom is -0.497 e. The largest absolute Gasteiger partial charge is 0.497 e. The van der Waals surface area contributed by atoms with Crippen molar-refractivity contribution >= 4 is 57.3 Å². The molecule has 0 saturated heterocycles. The van der Waals surface area contributed by atoms with E-state index in [0.717, 1.165) is 11.3 Å². The smallest absolute Gasteiger partial charge is 0.263 e. The summed E-state index contributed by atoms with van der Waals surface area (Å²) in [5.74, 6) is 0.549. The Morgan fingerprint density at radius 2 is 1.88 bits per heavy atom. The van der Waals surface area contributed by atoms with Gasteiger partial charge in [-0.1, -0.05) is 58.1 Å². The van der Waals surface area contributed by atoms with Crippen LogP contribution in [0.5, 0.6) is 5.75 Å². The zero-order valence-corrected chi connectivity index (χ0v) is 20.4. The van der Waals surface area contributed by atoms with Crippen molar-refractivity contribution in [2.75, 3.05) is 23.5 Å². The van der Waals surface area contributed by atoms with Crippen LogP contribution in [0.25, 0.3) is 11.3 Å². The average molecular weight is 516 g/mol. The van der Waals surface area contributed by atoms with Gasteiger partial charge in [0.15, 0.2) is 4.34 Å². The fourth-order valence-corrected chi connectivity index (χ4v) is 4.73. The number of carbonyl (C=O) groups is 2. The monoisotopic (exact) mass is 515 g/mol. The Morgan fingerprint density at radius 1 is 1.12 bits per heavy atom. The van der Waals surface area contributed by atoms with E-state index in [0.29, 0.717) is 37.8 Å². The number of benzene rings is 2. The summed E-state index contributed by atoms with van der Waals surface area (Å²) in [4.78, 5) is 25.1. The van der Waals surface area contributed by atoms with Gasteiger partial charge in [0.2, 0.25) is 11.0 Å². The molecular weight excluding hydrogens is 498 g/mol. The molecule has 34 heavy (non-hydrogen) atoms. The van der Waals surface area contributed by atoms with Gasteiger partial charge in [-0.25, -0.2) is 0 Å². The zero-order valence-electron chi connectivity index (χ0n) is 18.0. The third-order valence-corrected chi connectivity index (χ3v) is 6.85. The number of methoxy groups -OCH3 is 1. The van der Waals surface area contributed by atoms with Crippen molar-refractivity contribution in [2.24, 2.45) is 0 Å². The molecule has 2 N–H and O–H groups in total. The van der Waals surface area contributed by atoms with Crippen molar-refractivity contribution in [3.8, 4) is 17.0 Å². The Morgan fingerprint density at radius 3 is 2.62 bits per heavy atom. The summed E-state index contributed by atoms with van der Waals surface area (Å²) in [5.41, 5.74) is 1.85. The maximum absolute atomic E-state index is 12.9. The number of halogens is 1. The van der Waals surface area contributed by atoms with Crippen molar-refractivity contribution in [1.82, 2.24) is 15.4 Å². The summed E-state index contributed by atoms with van der Waals surface area (Å²) in [6, 6.07) is 14.1. The Hall–Kier alpha value is -3.41. The van der Waals surface area contributed by atoms with Gasteiger partial charge in [-0.3, -0.25) is 14.9 Å². The highest BCUT2D eigenvalue weighted by Crippen LogP contribution is 2.32. The molecule has 0 bridgehead atoms. The summed E-state index contributed by atoms with van der Waals surface area (Å²) in [5, 5.41) is 18.3. The van der Waals surface area contributed by atoms with E-state index in [1.54, 1.807) is 62.6 Å². The van der Waals surface area contributed by atoms with Gasteiger partial charge in [0.1, 0.15) is 22.8 Å². The summed E-state index contributed by atoms with van der Waals surface area (Å²) in [7, 11) is 1.58. The third-order valence-electron chi connectivity index (χ3n) is 4.55. The van der Waals surface area contributed by atoms with Crippen LogP contribution >= 0.6 is 34.7 Å². The number of hydrogen-bond donors (Lipinski definition) is 2. The Labute approximate surface area is 207 Å². The Kier molecular flexibility index (Phi) is 7.46. The minimum absolute atomic E-state index is 0.135. The molecule has 4 rings (SSSR count). The number of amides is 2. The van der Waals surface area contributed by atoms with Crippen molar-refractivity contribution in [3.05, 3.63) is 64.9 Å². The van der Waals surface area contributed by atoms with Crippen LogP contribution < -0.4 is 15.4 Å². The molecule has 0 saturated carbocycles. The van der Waals surface area contributed by atoms with Crippen LogP contribution in [-0.4, -0.2) is 40.0 Å². The fraction of sp³-hybridized carbons (Fsp3) is 0.136. The molecule has 0 spiro atoms. The summed E-state index contributed by atoms with van der Waals surface area (Å²) in [6.45, 7) is 1.64. The molecule has 0 fully saturated rings. The molecule has 0 aliphatic heterocycles. The summed E-state index contributed by atoms with van der Waals surface area (Å²) in [6.07, 6.45) is 0. The lowest BCUT2D eigenvalue weighted by Gasteiger charge is -2.05. The van der Waals surface area contributed by atoms with Crippen molar-refractivity contribution in [1.29, 1.82) is 0 Å². The quantitative estimate of drug-likeness (QED) is 0.244. The zero-order chi connectivity index (χ0) is 24.1. The molecule has 2 heterocycles. The number of rotatable bonds is 8. The second kappa shape index (κ2) is 10.7. The third kappa shape index (κ3) is 5.56. The molecule has 4 aromatic rings. The first kappa shape index (κ1) is 23.7. The van der Waals surface area contributed by atoms with Gasteiger partial charge >= 0.3 is 0 Å². The molecule has 174 valence electrons. The van der Waals surface area contributed by atoms with E-state index >= 15 is 0 Å². The van der Waals surface area contributed by atoms with Crippen molar-refractivity contribution in [2.45, 2.75) is 11.3 Å². The number of anilines is 2. The lowest BCUT2D eigenvalue weighted by Crippen LogP contribution is -2.13. The molecule has 2 aromatic carbocycles. The van der Waals surface area contributed by atoms with Gasteiger partial charge in [0, 0.05) is 11.3 Å². The van der Waals surface area contributed by atoms with Crippen LogP contribution in [-0.2, 0) is 4.79 Å². The topological polar surface area (TPSA) is 119 Å². The first-order valence-electron chi connectivity index (χ1n) is 9.87. The highest BCUT2D eigenvalue weighted by molar-refractivity contribution is 8.01. The molecule has 12 heteroatoms. The summed E-state index contributed by atoms with van der Waals surface area (Å²) >= 11 is 8.63. The predicted molar refractivity (Wildman–Crippen MR) is 132 cm³/mol. The molecule has 9 nitrogen and oxygen atoms in total. The number of hydrogen-bond acceptors (Lipinski definition) is 9. The van der Waals surface area contributed by atoms with Gasteiger partial charge in [-0.05, 0) is 37.3 Å². The lowest BCUT2D eigenvalue weighted by molar-refractivity contribution is -0.113. The lowest BCUT2D eigenvalue weighted by atomic mass is 10.1. The second-order valence-corrected chi connectivity index (χ2v) is 9.44. The van der Waals surface area contributed by atoms with Gasteiger partial charge in [0.25, 0.3) is 5.91 Å². The standard InChI is InChI=1S/C22H18ClN5O4S2/c1-12-18(19(28-32-12)15-5-3-4-6-16(15)23)20(30)25-21-26-27-22(34-21)33-11-17(29)24-13-7-9-14(31-2)10-8-13/h3-10H,11H2,1-2H3,(H,24,29)(H,25,26,30). The summed E-state index contributed by atoms with van der Waals surface area (Å²) < 4.78 is 10.9. The van der Waals surface area contributed by atoms with E-state index in [-0.39, 0.29) is 22.4 Å². The number of nitrogens with one attached hydrogen (secondary N) is 2. The normalized spacial score (nSPS) is 10.7. The van der Waals surface area contributed by atoms with E-state index in [2.05, 4.69) is 26.0 Å². The molecule has 0 aliphatic rings. The highest BCUT2D eigenvalue weighted by Gasteiger charge is 2.24. The van der Waals surface area contributed by atoms with Crippen LogP contribution in [0.1, 0.15) is 16.1 Å². The maximum Gasteiger partial charge on any atom is 0.263 e. The SMILES string of the molecule is COc1ccc(NC(=O)CSc2nnc(NC(=O)c3c(-c4ccccc4Cl)noc3C)s2)cc1. The van der Waals surface area contributed by atoms with Gasteiger partial charge in [-0.15, -0.1) is 10.2 Å². The van der Waals surface area contributed by atoms with Gasteiger partial charge in [0.05, 0.1) is 17.9 Å². The molecular formula is C22H18ClN5O4S2. The molecule has 0 atom stereocenters. The van der Waals surface area contributed by atoms with E-state index in [1.807, 2.05) is 0 Å². The van der Waals surface area contributed by atoms with Crippen LogP contribution in [0.2, 0.25) is 5.02 Å². The van der Waals surface area contributed by atoms with Crippen LogP contribution in [0, 0.1) is 6.92 Å². The minimum atomic E-state index is -0.446.